The van der Waals surface area contributed by atoms with E-state index in [9.17, 15) is 43.2 Å². The minimum absolute atomic E-state index is 0.101. The molecule has 0 aliphatic rings. The van der Waals surface area contributed by atoms with Gasteiger partial charge in [0.15, 0.2) is 12.2 Å². The second kappa shape index (κ2) is 56.1. The number of aliphatic hydroxyl groups is 1. The monoisotopic (exact) mass is 1250 g/mol. The summed E-state index contributed by atoms with van der Waals surface area (Å²) in [5, 5.41) is 10.5. The van der Waals surface area contributed by atoms with Crippen LogP contribution in [0, 0.1) is 23.7 Å². The molecule has 0 aromatic rings. The third-order valence-corrected chi connectivity index (χ3v) is 17.0. The fourth-order valence-corrected chi connectivity index (χ4v) is 11.4. The molecule has 0 aliphatic heterocycles. The first-order valence-electron chi connectivity index (χ1n) is 34.2. The Morgan fingerprint density at radius 3 is 0.729 bits per heavy atom. The Kier molecular flexibility index (Phi) is 54.8. The average molecular weight is 1260 g/mol. The Hall–Kier alpha value is -1.94. The third-order valence-electron chi connectivity index (χ3n) is 15.1. The Morgan fingerprint density at radius 1 is 0.294 bits per heavy atom. The lowest BCUT2D eigenvalue weighted by Gasteiger charge is -2.21. The number of carbonyl (C=O) groups excluding carboxylic acids is 4. The Labute approximate surface area is 517 Å². The molecular formula is C66H128O17P2. The van der Waals surface area contributed by atoms with Crippen molar-refractivity contribution in [1.29, 1.82) is 0 Å². The molecule has 0 radical (unpaired) electrons. The van der Waals surface area contributed by atoms with Gasteiger partial charge in [-0.15, -0.1) is 0 Å². The van der Waals surface area contributed by atoms with Gasteiger partial charge in [0.1, 0.15) is 19.3 Å². The van der Waals surface area contributed by atoms with Gasteiger partial charge in [0.25, 0.3) is 0 Å². The zero-order valence-electron chi connectivity index (χ0n) is 55.2. The SMILES string of the molecule is CC(C)CCCCCCCCCCCCCC(=O)O[C@H](COC(=O)CCCCCCCCC(C)C)COP(=O)(O)OC[C@H](O)COP(=O)(O)OC[C@@H](COC(=O)CCCCCCCCCCCCC(C)C)OC(=O)CCCCCCCCC(C)C. The largest absolute Gasteiger partial charge is 0.472 e. The van der Waals surface area contributed by atoms with Crippen LogP contribution in [0.4, 0.5) is 0 Å². The predicted molar refractivity (Wildman–Crippen MR) is 340 cm³/mol. The van der Waals surface area contributed by atoms with Crippen LogP contribution in [0.5, 0.6) is 0 Å². The number of esters is 4. The average Bonchev–Trinajstić information content (AvgIpc) is 3.45. The van der Waals surface area contributed by atoms with E-state index in [2.05, 4.69) is 55.4 Å². The van der Waals surface area contributed by atoms with Crippen molar-refractivity contribution in [2.24, 2.45) is 23.7 Å². The molecule has 5 atom stereocenters. The topological polar surface area (TPSA) is 237 Å². The van der Waals surface area contributed by atoms with Crippen molar-refractivity contribution in [1.82, 2.24) is 0 Å². The maximum atomic E-state index is 13.0. The summed E-state index contributed by atoms with van der Waals surface area (Å²) in [5.41, 5.74) is 0. The van der Waals surface area contributed by atoms with Gasteiger partial charge in [0, 0.05) is 25.7 Å². The summed E-state index contributed by atoms with van der Waals surface area (Å²) in [5.74, 6) is 0.732. The van der Waals surface area contributed by atoms with Crippen LogP contribution in [0.25, 0.3) is 0 Å². The molecule has 0 aliphatic carbocycles. The van der Waals surface area contributed by atoms with Gasteiger partial charge < -0.3 is 33.8 Å². The van der Waals surface area contributed by atoms with Crippen molar-refractivity contribution in [3.63, 3.8) is 0 Å². The number of hydrogen-bond donors (Lipinski definition) is 3. The standard InChI is InChI=1S/C66H128O17P2/c1-56(2)42-34-26-18-14-10-9-11-17-21-32-40-48-65(70)82-61(53-77-64(69)47-39-31-24-22-28-36-44-58(5)6)54-80-84(72,73)78-50-60(67)51-79-85(74,75)81-55-62(83-66(71)49-41-33-25-23-29-37-45-59(7)8)52-76-63(68)46-38-30-20-16-13-12-15-19-27-35-43-57(3)4/h56-62,67H,9-55H2,1-8H3,(H,72,73)(H,74,75)/t60-,61+,62+/m0/s1. The van der Waals surface area contributed by atoms with Crippen LogP contribution in [0.1, 0.15) is 319 Å². The van der Waals surface area contributed by atoms with E-state index in [0.29, 0.717) is 37.5 Å². The highest BCUT2D eigenvalue weighted by atomic mass is 31.2. The van der Waals surface area contributed by atoms with Crippen LogP contribution >= 0.6 is 15.6 Å². The summed E-state index contributed by atoms with van der Waals surface area (Å²) in [7, 11) is -9.89. The number of phosphoric acid groups is 2. The van der Waals surface area contributed by atoms with Crippen molar-refractivity contribution in [3.05, 3.63) is 0 Å². The first kappa shape index (κ1) is 83.1. The van der Waals surface area contributed by atoms with E-state index in [0.717, 1.165) is 108 Å². The molecule has 0 saturated heterocycles. The normalized spacial score (nSPS) is 14.4. The number of ether oxygens (including phenoxy) is 4. The van der Waals surface area contributed by atoms with Crippen molar-refractivity contribution >= 4 is 39.5 Å². The molecule has 0 heterocycles. The maximum absolute atomic E-state index is 13.0. The van der Waals surface area contributed by atoms with Gasteiger partial charge in [-0.25, -0.2) is 9.13 Å². The van der Waals surface area contributed by atoms with Gasteiger partial charge in [-0.05, 0) is 49.4 Å². The molecule has 0 saturated carbocycles. The molecule has 19 heteroatoms. The lowest BCUT2D eigenvalue weighted by molar-refractivity contribution is -0.161. The summed E-state index contributed by atoms with van der Waals surface area (Å²) in [6.07, 6.45) is 36.5. The molecule has 0 aromatic heterocycles. The van der Waals surface area contributed by atoms with Crippen molar-refractivity contribution in [3.8, 4) is 0 Å². The lowest BCUT2D eigenvalue weighted by atomic mass is 10.0. The predicted octanol–water partition coefficient (Wildman–Crippen LogP) is 18.1. The number of unbranched alkanes of at least 4 members (excludes halogenated alkanes) is 29. The van der Waals surface area contributed by atoms with Crippen LogP contribution in [0.15, 0.2) is 0 Å². The van der Waals surface area contributed by atoms with Gasteiger partial charge in [0.2, 0.25) is 0 Å². The fraction of sp³-hybridized carbons (Fsp3) is 0.939. The van der Waals surface area contributed by atoms with E-state index < -0.39 is 97.5 Å². The summed E-state index contributed by atoms with van der Waals surface area (Å²) in [4.78, 5) is 72.3. The van der Waals surface area contributed by atoms with Gasteiger partial charge >= 0.3 is 39.5 Å². The highest BCUT2D eigenvalue weighted by Gasteiger charge is 2.30. The Morgan fingerprint density at radius 2 is 0.494 bits per heavy atom. The van der Waals surface area contributed by atoms with Crippen molar-refractivity contribution in [2.75, 3.05) is 39.6 Å². The van der Waals surface area contributed by atoms with Crippen molar-refractivity contribution in [2.45, 2.75) is 337 Å². The Balaban J connectivity index is 5.22. The van der Waals surface area contributed by atoms with E-state index >= 15 is 0 Å². The molecule has 3 N–H and O–H groups in total. The molecule has 0 amide bonds. The smallest absolute Gasteiger partial charge is 0.462 e. The van der Waals surface area contributed by atoms with E-state index in [1.807, 2.05) is 0 Å². The van der Waals surface area contributed by atoms with E-state index in [1.165, 1.54) is 116 Å². The quantitative estimate of drug-likeness (QED) is 0.0222. The van der Waals surface area contributed by atoms with Crippen LogP contribution in [0.3, 0.4) is 0 Å². The van der Waals surface area contributed by atoms with Gasteiger partial charge in [-0.1, -0.05) is 267 Å². The summed E-state index contributed by atoms with van der Waals surface area (Å²) < 4.78 is 68.0. The van der Waals surface area contributed by atoms with Gasteiger partial charge in [-0.2, -0.15) is 0 Å². The molecule has 0 bridgehead atoms. The first-order chi connectivity index (χ1) is 40.6. The minimum Gasteiger partial charge on any atom is -0.462 e. The molecule has 504 valence electrons. The highest BCUT2D eigenvalue weighted by molar-refractivity contribution is 7.47. The number of aliphatic hydroxyl groups excluding tert-OH is 1. The maximum Gasteiger partial charge on any atom is 0.472 e. The van der Waals surface area contributed by atoms with Crippen molar-refractivity contribution < 1.29 is 80.2 Å². The van der Waals surface area contributed by atoms with E-state index in [-0.39, 0.29) is 25.7 Å². The summed E-state index contributed by atoms with van der Waals surface area (Å²) in [6, 6.07) is 0. The highest BCUT2D eigenvalue weighted by Crippen LogP contribution is 2.45. The number of rotatable bonds is 63. The molecular weight excluding hydrogens is 1130 g/mol. The van der Waals surface area contributed by atoms with Crippen LogP contribution < -0.4 is 0 Å². The number of phosphoric ester groups is 2. The van der Waals surface area contributed by atoms with Gasteiger partial charge in [0.05, 0.1) is 26.4 Å². The molecule has 0 fully saturated rings. The van der Waals surface area contributed by atoms with Crippen LogP contribution in [-0.2, 0) is 65.4 Å². The number of hydrogen-bond acceptors (Lipinski definition) is 15. The lowest BCUT2D eigenvalue weighted by Crippen LogP contribution is -2.30. The molecule has 17 nitrogen and oxygen atoms in total. The van der Waals surface area contributed by atoms with E-state index in [4.69, 9.17) is 37.0 Å². The first-order valence-corrected chi connectivity index (χ1v) is 37.2. The second-order valence-corrected chi connectivity index (χ2v) is 28.7. The fourth-order valence-electron chi connectivity index (χ4n) is 9.78. The van der Waals surface area contributed by atoms with Gasteiger partial charge in [-0.3, -0.25) is 37.3 Å². The Bertz CT molecular complexity index is 1700. The van der Waals surface area contributed by atoms with E-state index in [1.54, 1.807) is 0 Å². The molecule has 0 rings (SSSR count). The molecule has 2 unspecified atom stereocenters. The molecule has 85 heavy (non-hydrogen) atoms. The minimum atomic E-state index is -4.95. The van der Waals surface area contributed by atoms with Crippen LogP contribution in [0.2, 0.25) is 0 Å². The molecule has 0 aromatic carbocycles. The van der Waals surface area contributed by atoms with Crippen LogP contribution in [-0.4, -0.2) is 96.7 Å². The molecule has 0 spiro atoms. The zero-order valence-corrected chi connectivity index (χ0v) is 57.0. The second-order valence-electron chi connectivity index (χ2n) is 25.8. The summed E-state index contributed by atoms with van der Waals surface area (Å²) in [6.45, 7) is 13.9. The summed E-state index contributed by atoms with van der Waals surface area (Å²) >= 11 is 0. The number of carbonyl (C=O) groups is 4. The third kappa shape index (κ3) is 60.7. The zero-order chi connectivity index (χ0) is 63.2.